The second-order valence-corrected chi connectivity index (χ2v) is 5.15. The summed E-state index contributed by atoms with van der Waals surface area (Å²) in [6.07, 6.45) is 1.68. The minimum Gasteiger partial charge on any atom is -0.370 e. The summed E-state index contributed by atoms with van der Waals surface area (Å²) in [4.78, 5) is 25.4. The quantitative estimate of drug-likeness (QED) is 0.601. The van der Waals surface area contributed by atoms with E-state index in [1.165, 1.54) is 4.90 Å². The topological polar surface area (TPSA) is 49.9 Å². The van der Waals surface area contributed by atoms with Crippen LogP contribution in [0.25, 0.3) is 0 Å². The van der Waals surface area contributed by atoms with Crippen LogP contribution < -0.4 is 0 Å². The van der Waals surface area contributed by atoms with Gasteiger partial charge in [-0.2, -0.15) is 0 Å². The van der Waals surface area contributed by atoms with Crippen molar-refractivity contribution in [1.29, 1.82) is 0 Å². The molecule has 2 aliphatic rings. The third-order valence-corrected chi connectivity index (χ3v) is 3.60. The Bertz CT molecular complexity index is 485. The molecule has 1 saturated heterocycles. The van der Waals surface area contributed by atoms with Crippen LogP contribution in [0.3, 0.4) is 0 Å². The number of carbonyl (C=O) groups excluding carboxylic acids is 2. The van der Waals surface area contributed by atoms with Crippen LogP contribution in [0.1, 0.15) is 40.5 Å². The van der Waals surface area contributed by atoms with Crippen molar-refractivity contribution in [3.8, 4) is 0 Å². The van der Waals surface area contributed by atoms with Crippen molar-refractivity contribution in [3.05, 3.63) is 35.4 Å². The van der Waals surface area contributed by atoms with Gasteiger partial charge in [-0.3, -0.25) is 14.5 Å². The Morgan fingerprint density at radius 3 is 2.28 bits per heavy atom. The van der Waals surface area contributed by atoms with Crippen LogP contribution in [0.15, 0.2) is 24.3 Å². The van der Waals surface area contributed by atoms with Gasteiger partial charge in [0, 0.05) is 6.54 Å². The van der Waals surface area contributed by atoms with Gasteiger partial charge in [0.25, 0.3) is 11.8 Å². The molecule has 2 aliphatic heterocycles. The number of nitrogens with zero attached hydrogens (tertiary/aromatic N) is 1. The summed E-state index contributed by atoms with van der Waals surface area (Å²) < 4.78 is 5.29. The number of ether oxygens (including phenoxy) is 1. The van der Waals surface area contributed by atoms with Crippen LogP contribution >= 0.6 is 0 Å². The van der Waals surface area contributed by atoms with Crippen molar-refractivity contribution in [1.82, 2.24) is 4.90 Å². The molecule has 1 aromatic rings. The van der Waals surface area contributed by atoms with Gasteiger partial charge in [0.15, 0.2) is 0 Å². The normalized spacial score (nSPS) is 25.5. The van der Waals surface area contributed by atoms with Crippen molar-refractivity contribution < 1.29 is 14.3 Å². The Kier molecular flexibility index (Phi) is 2.48. The predicted octanol–water partition coefficient (Wildman–Crippen LogP) is 1.85. The number of hydrogen-bond donors (Lipinski definition) is 0. The summed E-state index contributed by atoms with van der Waals surface area (Å²) in [6.45, 7) is 3.32. The summed E-state index contributed by atoms with van der Waals surface area (Å²) in [7, 11) is 0. The van der Waals surface area contributed by atoms with E-state index < -0.39 is 0 Å². The average molecular weight is 245 g/mol. The van der Waals surface area contributed by atoms with E-state index in [0.29, 0.717) is 17.7 Å². The van der Waals surface area contributed by atoms with E-state index in [4.69, 9.17) is 4.74 Å². The van der Waals surface area contributed by atoms with Crippen LogP contribution in [0.4, 0.5) is 0 Å². The molecule has 0 saturated carbocycles. The van der Waals surface area contributed by atoms with Gasteiger partial charge in [0.1, 0.15) is 0 Å². The SMILES string of the molecule is CC1(CCCN2C(=O)c3ccccc3C2=O)CO1. The first-order valence-corrected chi connectivity index (χ1v) is 6.20. The maximum Gasteiger partial charge on any atom is 0.261 e. The number of amides is 2. The average Bonchev–Trinajstić information content (AvgIpc) is 3.06. The molecule has 94 valence electrons. The van der Waals surface area contributed by atoms with Crippen molar-refractivity contribution in [2.45, 2.75) is 25.4 Å². The first kappa shape index (κ1) is 11.4. The Balaban J connectivity index is 1.68. The number of imide groups is 1. The molecule has 1 aromatic carbocycles. The van der Waals surface area contributed by atoms with Gasteiger partial charge in [-0.15, -0.1) is 0 Å². The number of benzene rings is 1. The van der Waals surface area contributed by atoms with Crippen molar-refractivity contribution in [2.24, 2.45) is 0 Å². The highest BCUT2D eigenvalue weighted by Gasteiger charge is 2.40. The van der Waals surface area contributed by atoms with Crippen molar-refractivity contribution in [3.63, 3.8) is 0 Å². The lowest BCUT2D eigenvalue weighted by Gasteiger charge is -2.14. The molecule has 2 amide bonds. The fourth-order valence-corrected chi connectivity index (χ4v) is 2.32. The van der Waals surface area contributed by atoms with E-state index in [2.05, 4.69) is 6.92 Å². The number of carbonyl (C=O) groups is 2. The summed E-state index contributed by atoms with van der Waals surface area (Å²) in [5, 5.41) is 0. The van der Waals surface area contributed by atoms with E-state index >= 15 is 0 Å². The van der Waals surface area contributed by atoms with E-state index in [1.54, 1.807) is 24.3 Å². The molecule has 0 spiro atoms. The highest BCUT2D eigenvalue weighted by atomic mass is 16.6. The number of fused-ring (bicyclic) bond motifs is 1. The van der Waals surface area contributed by atoms with Gasteiger partial charge >= 0.3 is 0 Å². The second-order valence-electron chi connectivity index (χ2n) is 5.15. The molecule has 1 fully saturated rings. The largest absolute Gasteiger partial charge is 0.370 e. The maximum absolute atomic E-state index is 12.1. The van der Waals surface area contributed by atoms with E-state index in [9.17, 15) is 9.59 Å². The maximum atomic E-state index is 12.1. The smallest absolute Gasteiger partial charge is 0.261 e. The van der Waals surface area contributed by atoms with Gasteiger partial charge in [-0.05, 0) is 31.9 Å². The first-order chi connectivity index (χ1) is 8.61. The molecule has 18 heavy (non-hydrogen) atoms. The fourth-order valence-electron chi connectivity index (χ4n) is 2.32. The van der Waals surface area contributed by atoms with Gasteiger partial charge < -0.3 is 4.74 Å². The summed E-state index contributed by atoms with van der Waals surface area (Å²) in [6, 6.07) is 6.99. The first-order valence-electron chi connectivity index (χ1n) is 6.20. The Hall–Kier alpha value is -1.68. The Morgan fingerprint density at radius 2 is 1.78 bits per heavy atom. The lowest BCUT2D eigenvalue weighted by molar-refractivity contribution is 0.0648. The number of rotatable bonds is 4. The molecule has 3 rings (SSSR count). The Labute approximate surface area is 106 Å². The molecule has 0 radical (unpaired) electrons. The molecule has 0 N–H and O–H groups in total. The van der Waals surface area contributed by atoms with E-state index in [0.717, 1.165) is 19.4 Å². The van der Waals surface area contributed by atoms with Crippen LogP contribution in [-0.2, 0) is 4.74 Å². The zero-order valence-electron chi connectivity index (χ0n) is 10.3. The van der Waals surface area contributed by atoms with Crippen LogP contribution in [0, 0.1) is 0 Å². The van der Waals surface area contributed by atoms with Crippen LogP contribution in [0.2, 0.25) is 0 Å². The van der Waals surface area contributed by atoms with Crippen molar-refractivity contribution in [2.75, 3.05) is 13.2 Å². The molecular formula is C14H15NO3. The fraction of sp³-hybridized carbons (Fsp3) is 0.429. The molecule has 4 nitrogen and oxygen atoms in total. The minimum atomic E-state index is -0.169. The number of hydrogen-bond acceptors (Lipinski definition) is 3. The number of epoxide rings is 1. The molecule has 0 aliphatic carbocycles. The van der Waals surface area contributed by atoms with Gasteiger partial charge in [0.05, 0.1) is 23.3 Å². The summed E-state index contributed by atoms with van der Waals surface area (Å²) >= 11 is 0. The van der Waals surface area contributed by atoms with Crippen molar-refractivity contribution >= 4 is 11.8 Å². The standard InChI is InChI=1S/C14H15NO3/c1-14(9-18-14)7-4-8-15-12(16)10-5-2-3-6-11(10)13(15)17/h2-3,5-6H,4,7-9H2,1H3. The lowest BCUT2D eigenvalue weighted by atomic mass is 10.1. The van der Waals surface area contributed by atoms with Crippen LogP contribution in [0.5, 0.6) is 0 Å². The second kappa shape index (κ2) is 3.92. The highest BCUT2D eigenvalue weighted by molar-refractivity contribution is 6.21. The zero-order valence-corrected chi connectivity index (χ0v) is 10.3. The molecule has 4 heteroatoms. The van der Waals surface area contributed by atoms with Gasteiger partial charge in [-0.1, -0.05) is 12.1 Å². The Morgan fingerprint density at radius 1 is 1.22 bits per heavy atom. The van der Waals surface area contributed by atoms with E-state index in [1.807, 2.05) is 0 Å². The molecule has 2 heterocycles. The summed E-state index contributed by atoms with van der Waals surface area (Å²) in [5.74, 6) is -0.338. The summed E-state index contributed by atoms with van der Waals surface area (Å²) in [5.41, 5.74) is 1.03. The minimum absolute atomic E-state index is 0.0152. The third-order valence-electron chi connectivity index (χ3n) is 3.60. The monoisotopic (exact) mass is 245 g/mol. The third kappa shape index (κ3) is 1.82. The van der Waals surface area contributed by atoms with Crippen LogP contribution in [-0.4, -0.2) is 35.5 Å². The van der Waals surface area contributed by atoms with E-state index in [-0.39, 0.29) is 17.4 Å². The molecule has 0 aromatic heterocycles. The molecular weight excluding hydrogens is 230 g/mol. The zero-order chi connectivity index (χ0) is 12.8. The van der Waals surface area contributed by atoms with Gasteiger partial charge in [0.2, 0.25) is 0 Å². The molecule has 0 bridgehead atoms. The molecule has 1 atom stereocenters. The van der Waals surface area contributed by atoms with Gasteiger partial charge in [-0.25, -0.2) is 0 Å². The highest BCUT2D eigenvalue weighted by Crippen LogP contribution is 2.31. The lowest BCUT2D eigenvalue weighted by Crippen LogP contribution is -2.31. The molecule has 1 unspecified atom stereocenters. The predicted molar refractivity (Wildman–Crippen MR) is 65.4 cm³/mol.